The first-order chi connectivity index (χ1) is 10.8. The number of ether oxygens (including phenoxy) is 1. The minimum Gasteiger partial charge on any atom is -0.373 e. The van der Waals surface area contributed by atoms with Crippen molar-refractivity contribution in [2.45, 2.75) is 33.0 Å². The number of nitrogens with one attached hydrogen (secondary N) is 1. The zero-order chi connectivity index (χ0) is 17.0. The van der Waals surface area contributed by atoms with Gasteiger partial charge in [-0.15, -0.1) is 0 Å². The van der Waals surface area contributed by atoms with Crippen molar-refractivity contribution in [3.8, 4) is 0 Å². The average Bonchev–Trinajstić information content (AvgIpc) is 2.47. The van der Waals surface area contributed by atoms with Crippen LogP contribution < -0.4 is 5.32 Å². The van der Waals surface area contributed by atoms with Crippen molar-refractivity contribution < 1.29 is 17.9 Å². The Bertz CT molecular complexity index is 495. The van der Waals surface area contributed by atoms with Gasteiger partial charge in [0.15, 0.2) is 0 Å². The van der Waals surface area contributed by atoms with Crippen molar-refractivity contribution in [1.29, 1.82) is 0 Å². The van der Waals surface area contributed by atoms with E-state index in [4.69, 9.17) is 4.74 Å². The first kappa shape index (κ1) is 18.6. The fourth-order valence-corrected chi connectivity index (χ4v) is 4.80. The molecule has 0 spiro atoms. The van der Waals surface area contributed by atoms with Gasteiger partial charge in [-0.1, -0.05) is 0 Å². The Morgan fingerprint density at radius 3 is 2.17 bits per heavy atom. The van der Waals surface area contributed by atoms with Crippen LogP contribution in [0.5, 0.6) is 0 Å². The number of likely N-dealkylation sites (N-methyl/N-ethyl adjacent to an activating group) is 1. The topological polar surface area (TPSA) is 82.2 Å². The molecule has 0 bridgehead atoms. The minimum absolute atomic E-state index is 0.0142. The summed E-state index contributed by atoms with van der Waals surface area (Å²) in [4.78, 5) is 13.6. The molecule has 0 aliphatic carbocycles. The third-order valence-corrected chi connectivity index (χ3v) is 6.08. The van der Waals surface area contributed by atoms with E-state index in [-0.39, 0.29) is 18.1 Å². The molecule has 2 saturated heterocycles. The molecule has 2 atom stereocenters. The number of amides is 1. The SMILES string of the molecule is CCNC(=O)CN1CCN(S(=O)(=O)N2C[C@@H](C)O[C@H](C)C2)CC1. The third kappa shape index (κ3) is 4.87. The van der Waals surface area contributed by atoms with Crippen LogP contribution in [-0.2, 0) is 19.7 Å². The van der Waals surface area contributed by atoms with Gasteiger partial charge in [-0.05, 0) is 20.8 Å². The fourth-order valence-electron chi connectivity index (χ4n) is 3.06. The Kier molecular flexibility index (Phi) is 6.38. The van der Waals surface area contributed by atoms with Crippen LogP contribution in [0.15, 0.2) is 0 Å². The molecule has 2 fully saturated rings. The summed E-state index contributed by atoms with van der Waals surface area (Å²) in [7, 11) is -3.45. The first-order valence-corrected chi connectivity index (χ1v) is 9.62. The molecule has 1 N–H and O–H groups in total. The summed E-state index contributed by atoms with van der Waals surface area (Å²) in [5.74, 6) is -0.0142. The maximum absolute atomic E-state index is 12.8. The lowest BCUT2D eigenvalue weighted by Gasteiger charge is -2.40. The second-order valence-corrected chi connectivity index (χ2v) is 8.14. The summed E-state index contributed by atoms with van der Waals surface area (Å²) in [5, 5.41) is 2.76. The monoisotopic (exact) mass is 348 g/mol. The number of hydrogen-bond acceptors (Lipinski definition) is 5. The van der Waals surface area contributed by atoms with Crippen LogP contribution in [0.25, 0.3) is 0 Å². The van der Waals surface area contributed by atoms with Crippen LogP contribution in [0.2, 0.25) is 0 Å². The lowest BCUT2D eigenvalue weighted by atomic mass is 10.3. The van der Waals surface area contributed by atoms with Gasteiger partial charge in [0.25, 0.3) is 10.2 Å². The van der Waals surface area contributed by atoms with Gasteiger partial charge in [0.1, 0.15) is 0 Å². The highest BCUT2D eigenvalue weighted by Gasteiger charge is 2.36. The van der Waals surface area contributed by atoms with Gasteiger partial charge in [-0.3, -0.25) is 9.69 Å². The number of rotatable bonds is 5. The van der Waals surface area contributed by atoms with Crippen LogP contribution in [-0.4, -0.2) is 92.4 Å². The molecule has 2 aliphatic rings. The standard InChI is InChI=1S/C14H28N4O4S/c1-4-15-14(19)11-16-5-7-17(8-6-16)23(20,21)18-9-12(2)22-13(3)10-18/h12-13H,4-11H2,1-3H3,(H,15,19)/t12-,13-/m1/s1. The average molecular weight is 348 g/mol. The second-order valence-electron chi connectivity index (χ2n) is 6.21. The van der Waals surface area contributed by atoms with Crippen LogP contribution in [0.4, 0.5) is 0 Å². The summed E-state index contributed by atoms with van der Waals surface area (Å²) in [6.45, 7) is 9.38. The van der Waals surface area contributed by atoms with Crippen LogP contribution in [0, 0.1) is 0 Å². The summed E-state index contributed by atoms with van der Waals surface area (Å²) in [5.41, 5.74) is 0. The molecule has 0 saturated carbocycles. The zero-order valence-electron chi connectivity index (χ0n) is 14.2. The minimum atomic E-state index is -3.45. The molecule has 0 radical (unpaired) electrons. The fraction of sp³-hybridized carbons (Fsp3) is 0.929. The molecule has 2 aliphatic heterocycles. The maximum atomic E-state index is 12.8. The van der Waals surface area contributed by atoms with Crippen molar-refractivity contribution >= 4 is 16.1 Å². The van der Waals surface area contributed by atoms with Crippen LogP contribution in [0.1, 0.15) is 20.8 Å². The van der Waals surface area contributed by atoms with E-state index in [1.54, 1.807) is 0 Å². The van der Waals surface area contributed by atoms with E-state index >= 15 is 0 Å². The van der Waals surface area contributed by atoms with E-state index in [0.29, 0.717) is 52.4 Å². The molecule has 9 heteroatoms. The Morgan fingerprint density at radius 1 is 1.09 bits per heavy atom. The number of nitrogens with zero attached hydrogens (tertiary/aromatic N) is 3. The van der Waals surface area contributed by atoms with Gasteiger partial charge in [-0.25, -0.2) is 0 Å². The van der Waals surface area contributed by atoms with E-state index in [1.165, 1.54) is 8.61 Å². The molecule has 0 aromatic rings. The molecule has 0 aromatic heterocycles. The van der Waals surface area contributed by atoms with Crippen molar-refractivity contribution in [3.05, 3.63) is 0 Å². The van der Waals surface area contributed by atoms with Crippen molar-refractivity contribution in [1.82, 2.24) is 18.8 Å². The largest absolute Gasteiger partial charge is 0.373 e. The molecule has 8 nitrogen and oxygen atoms in total. The predicted octanol–water partition coefficient (Wildman–Crippen LogP) is -0.906. The Hall–Kier alpha value is -0.740. The van der Waals surface area contributed by atoms with E-state index in [2.05, 4.69) is 5.32 Å². The van der Waals surface area contributed by atoms with Gasteiger partial charge in [-0.2, -0.15) is 17.0 Å². The Morgan fingerprint density at radius 2 is 1.65 bits per heavy atom. The molecule has 2 heterocycles. The third-order valence-electron chi connectivity index (χ3n) is 4.11. The number of carbonyl (C=O) groups excluding carboxylic acids is 1. The predicted molar refractivity (Wildman–Crippen MR) is 87.2 cm³/mol. The van der Waals surface area contributed by atoms with Crippen molar-refractivity contribution in [2.24, 2.45) is 0 Å². The van der Waals surface area contributed by atoms with E-state index in [0.717, 1.165) is 0 Å². The first-order valence-electron chi connectivity index (χ1n) is 8.22. The highest BCUT2D eigenvalue weighted by molar-refractivity contribution is 7.86. The highest BCUT2D eigenvalue weighted by atomic mass is 32.2. The lowest BCUT2D eigenvalue weighted by Crippen LogP contribution is -2.57. The van der Waals surface area contributed by atoms with Crippen molar-refractivity contribution in [3.63, 3.8) is 0 Å². The Labute approximate surface area is 138 Å². The lowest BCUT2D eigenvalue weighted by molar-refractivity contribution is -0.122. The smallest absolute Gasteiger partial charge is 0.282 e. The molecule has 1 amide bonds. The van der Waals surface area contributed by atoms with E-state index < -0.39 is 10.2 Å². The Balaban J connectivity index is 1.89. The molecule has 134 valence electrons. The van der Waals surface area contributed by atoms with Gasteiger partial charge in [0.2, 0.25) is 5.91 Å². The van der Waals surface area contributed by atoms with Crippen LogP contribution >= 0.6 is 0 Å². The van der Waals surface area contributed by atoms with Crippen LogP contribution in [0.3, 0.4) is 0 Å². The number of piperazine rings is 1. The summed E-state index contributed by atoms with van der Waals surface area (Å²) >= 11 is 0. The maximum Gasteiger partial charge on any atom is 0.282 e. The van der Waals surface area contributed by atoms with E-state index in [1.807, 2.05) is 25.7 Å². The zero-order valence-corrected chi connectivity index (χ0v) is 15.0. The van der Waals surface area contributed by atoms with E-state index in [9.17, 15) is 13.2 Å². The quantitative estimate of drug-likeness (QED) is 0.696. The molecule has 0 aromatic carbocycles. The number of carbonyl (C=O) groups is 1. The highest BCUT2D eigenvalue weighted by Crippen LogP contribution is 2.18. The van der Waals surface area contributed by atoms with Gasteiger partial charge in [0, 0.05) is 45.8 Å². The second kappa shape index (κ2) is 7.89. The molecular formula is C14H28N4O4S. The molecule has 0 unspecified atom stereocenters. The summed E-state index contributed by atoms with van der Waals surface area (Å²) < 4.78 is 34.2. The van der Waals surface area contributed by atoms with Gasteiger partial charge in [0.05, 0.1) is 18.8 Å². The molecular weight excluding hydrogens is 320 g/mol. The molecule has 2 rings (SSSR count). The molecule has 23 heavy (non-hydrogen) atoms. The number of morpholine rings is 1. The summed E-state index contributed by atoms with van der Waals surface area (Å²) in [6, 6.07) is 0. The van der Waals surface area contributed by atoms with Gasteiger partial charge < -0.3 is 10.1 Å². The van der Waals surface area contributed by atoms with Crippen molar-refractivity contribution in [2.75, 3.05) is 52.4 Å². The van der Waals surface area contributed by atoms with Gasteiger partial charge >= 0.3 is 0 Å². The number of hydrogen-bond donors (Lipinski definition) is 1. The normalized spacial score (nSPS) is 28.7. The summed E-state index contributed by atoms with van der Waals surface area (Å²) in [6.07, 6.45) is -0.180.